The highest BCUT2D eigenvalue weighted by Gasteiger charge is 2.33. The maximum atomic E-state index is 3.59. The molecule has 0 spiro atoms. The lowest BCUT2D eigenvalue weighted by Crippen LogP contribution is -2.52. The second-order valence-electron chi connectivity index (χ2n) is 7.57. The third-order valence-corrected chi connectivity index (χ3v) is 4.74. The summed E-state index contributed by atoms with van der Waals surface area (Å²) in [5, 5.41) is 3.59. The van der Waals surface area contributed by atoms with Crippen LogP contribution in [0.5, 0.6) is 0 Å². The molecule has 3 nitrogen and oxygen atoms in total. The lowest BCUT2D eigenvalue weighted by molar-refractivity contribution is 0.0381. The van der Waals surface area contributed by atoms with Crippen LogP contribution >= 0.6 is 0 Å². The van der Waals surface area contributed by atoms with Gasteiger partial charge in [-0.1, -0.05) is 0 Å². The average molecular weight is 267 g/mol. The second-order valence-corrected chi connectivity index (χ2v) is 7.57. The van der Waals surface area contributed by atoms with Gasteiger partial charge in [0.2, 0.25) is 0 Å². The van der Waals surface area contributed by atoms with Crippen molar-refractivity contribution in [3.05, 3.63) is 0 Å². The van der Waals surface area contributed by atoms with E-state index >= 15 is 0 Å². The summed E-state index contributed by atoms with van der Waals surface area (Å²) in [6.07, 6.45) is 5.52. The van der Waals surface area contributed by atoms with E-state index in [-0.39, 0.29) is 5.54 Å². The molecule has 0 aliphatic carbocycles. The molecule has 0 aromatic rings. The number of piperidine rings is 2. The van der Waals surface area contributed by atoms with Crippen LogP contribution in [0.1, 0.15) is 46.5 Å². The van der Waals surface area contributed by atoms with Crippen molar-refractivity contribution in [3.8, 4) is 0 Å². The first-order valence-electron chi connectivity index (χ1n) is 8.13. The Labute approximate surface area is 119 Å². The molecule has 2 saturated heterocycles. The molecule has 112 valence electrons. The average Bonchev–Trinajstić information content (AvgIpc) is 2.34. The minimum Gasteiger partial charge on any atom is -0.312 e. The van der Waals surface area contributed by atoms with E-state index in [1.807, 2.05) is 0 Å². The molecule has 2 fully saturated rings. The highest BCUT2D eigenvalue weighted by molar-refractivity contribution is 4.89. The van der Waals surface area contributed by atoms with Gasteiger partial charge in [0, 0.05) is 18.1 Å². The molecule has 0 bridgehead atoms. The highest BCUT2D eigenvalue weighted by atomic mass is 15.2. The van der Waals surface area contributed by atoms with E-state index in [1.54, 1.807) is 0 Å². The van der Waals surface area contributed by atoms with Gasteiger partial charge < -0.3 is 15.1 Å². The smallest absolute Gasteiger partial charge is 0.0145 e. The van der Waals surface area contributed by atoms with Gasteiger partial charge in [0.05, 0.1) is 0 Å². The van der Waals surface area contributed by atoms with Gasteiger partial charge in [-0.05, 0) is 85.6 Å². The first kappa shape index (κ1) is 15.3. The zero-order chi connectivity index (χ0) is 13.9. The van der Waals surface area contributed by atoms with Gasteiger partial charge >= 0.3 is 0 Å². The zero-order valence-corrected chi connectivity index (χ0v) is 13.4. The van der Waals surface area contributed by atoms with Crippen LogP contribution in [0.25, 0.3) is 0 Å². The van der Waals surface area contributed by atoms with Crippen LogP contribution in [-0.2, 0) is 0 Å². The number of likely N-dealkylation sites (tertiary alicyclic amines) is 2. The predicted molar refractivity (Wildman–Crippen MR) is 82.6 cm³/mol. The molecule has 2 heterocycles. The van der Waals surface area contributed by atoms with E-state index < -0.39 is 0 Å². The molecule has 2 aliphatic heterocycles. The van der Waals surface area contributed by atoms with Crippen LogP contribution < -0.4 is 5.32 Å². The first-order valence-corrected chi connectivity index (χ1v) is 8.13. The fraction of sp³-hybridized carbons (Fsp3) is 1.00. The fourth-order valence-electron chi connectivity index (χ4n) is 3.70. The Balaban J connectivity index is 1.67. The van der Waals surface area contributed by atoms with Crippen molar-refractivity contribution in [2.75, 3.05) is 39.8 Å². The molecule has 2 atom stereocenters. The van der Waals surface area contributed by atoms with Gasteiger partial charge in [0.15, 0.2) is 0 Å². The van der Waals surface area contributed by atoms with Crippen molar-refractivity contribution < 1.29 is 0 Å². The van der Waals surface area contributed by atoms with Crippen molar-refractivity contribution in [1.82, 2.24) is 15.1 Å². The van der Waals surface area contributed by atoms with E-state index in [2.05, 4.69) is 42.9 Å². The quantitative estimate of drug-likeness (QED) is 0.788. The van der Waals surface area contributed by atoms with Crippen molar-refractivity contribution in [1.29, 1.82) is 0 Å². The molecule has 0 aromatic carbocycles. The molecule has 19 heavy (non-hydrogen) atoms. The number of rotatable bonds is 4. The van der Waals surface area contributed by atoms with E-state index in [0.717, 1.165) is 18.5 Å². The lowest BCUT2D eigenvalue weighted by atomic mass is 9.84. The normalized spacial score (nSPS) is 30.3. The van der Waals surface area contributed by atoms with E-state index in [0.29, 0.717) is 0 Å². The SMILES string of the molecule is CN1CCCC2CN(CCCNC(C)(C)C)CCC21. The van der Waals surface area contributed by atoms with E-state index in [4.69, 9.17) is 0 Å². The van der Waals surface area contributed by atoms with Crippen LogP contribution in [-0.4, -0.2) is 61.2 Å². The number of fused-ring (bicyclic) bond motifs is 1. The molecular weight excluding hydrogens is 234 g/mol. The van der Waals surface area contributed by atoms with Gasteiger partial charge in [-0.25, -0.2) is 0 Å². The monoisotopic (exact) mass is 267 g/mol. The Kier molecular flexibility index (Phi) is 5.27. The minimum absolute atomic E-state index is 0.263. The third-order valence-electron chi connectivity index (χ3n) is 4.74. The maximum absolute atomic E-state index is 3.59. The Hall–Kier alpha value is -0.120. The fourth-order valence-corrected chi connectivity index (χ4v) is 3.70. The molecule has 0 saturated carbocycles. The molecule has 3 heteroatoms. The summed E-state index contributed by atoms with van der Waals surface area (Å²) in [4.78, 5) is 5.30. The summed E-state index contributed by atoms with van der Waals surface area (Å²) in [7, 11) is 2.32. The summed E-state index contributed by atoms with van der Waals surface area (Å²) in [6.45, 7) is 13.1. The summed E-state index contributed by atoms with van der Waals surface area (Å²) in [6, 6.07) is 0.873. The summed E-state index contributed by atoms with van der Waals surface area (Å²) in [5.41, 5.74) is 0.263. The molecule has 1 N–H and O–H groups in total. The van der Waals surface area contributed by atoms with Crippen molar-refractivity contribution in [3.63, 3.8) is 0 Å². The van der Waals surface area contributed by atoms with Gasteiger partial charge in [-0.3, -0.25) is 0 Å². The molecule has 0 aromatic heterocycles. The highest BCUT2D eigenvalue weighted by Crippen LogP contribution is 2.29. The van der Waals surface area contributed by atoms with Crippen LogP contribution in [0.2, 0.25) is 0 Å². The minimum atomic E-state index is 0.263. The van der Waals surface area contributed by atoms with Gasteiger partial charge in [0.25, 0.3) is 0 Å². The van der Waals surface area contributed by atoms with Crippen molar-refractivity contribution >= 4 is 0 Å². The van der Waals surface area contributed by atoms with Crippen LogP contribution in [0, 0.1) is 5.92 Å². The number of nitrogens with zero attached hydrogens (tertiary/aromatic N) is 2. The predicted octanol–water partition coefficient (Wildman–Crippen LogP) is 2.18. The standard InChI is InChI=1S/C16H33N3/c1-16(2,3)17-9-6-11-19-12-8-15-14(13-19)7-5-10-18(15)4/h14-15,17H,5-13H2,1-4H3. The number of nitrogens with one attached hydrogen (secondary N) is 1. The molecule has 2 aliphatic rings. The third kappa shape index (κ3) is 4.73. The van der Waals surface area contributed by atoms with Crippen LogP contribution in [0.15, 0.2) is 0 Å². The molecule has 0 amide bonds. The summed E-state index contributed by atoms with van der Waals surface area (Å²) >= 11 is 0. The topological polar surface area (TPSA) is 18.5 Å². The maximum Gasteiger partial charge on any atom is 0.0145 e. The Morgan fingerprint density at radius 3 is 2.68 bits per heavy atom. The van der Waals surface area contributed by atoms with Crippen molar-refractivity contribution in [2.45, 2.75) is 58.0 Å². The molecule has 2 rings (SSSR count). The van der Waals surface area contributed by atoms with Gasteiger partial charge in [0.1, 0.15) is 0 Å². The Morgan fingerprint density at radius 1 is 1.16 bits per heavy atom. The summed E-state index contributed by atoms with van der Waals surface area (Å²) in [5.74, 6) is 0.933. The van der Waals surface area contributed by atoms with Crippen molar-refractivity contribution in [2.24, 2.45) is 5.92 Å². The first-order chi connectivity index (χ1) is 8.96. The largest absolute Gasteiger partial charge is 0.312 e. The van der Waals surface area contributed by atoms with Gasteiger partial charge in [-0.15, -0.1) is 0 Å². The molecule has 2 unspecified atom stereocenters. The Bertz CT molecular complexity index is 272. The number of hydrogen-bond donors (Lipinski definition) is 1. The Morgan fingerprint density at radius 2 is 1.95 bits per heavy atom. The van der Waals surface area contributed by atoms with E-state index in [1.165, 1.54) is 51.9 Å². The van der Waals surface area contributed by atoms with E-state index in [9.17, 15) is 0 Å². The van der Waals surface area contributed by atoms with Crippen LogP contribution in [0.3, 0.4) is 0 Å². The molecule has 0 radical (unpaired) electrons. The van der Waals surface area contributed by atoms with Gasteiger partial charge in [-0.2, -0.15) is 0 Å². The second kappa shape index (κ2) is 6.55. The van der Waals surface area contributed by atoms with Crippen LogP contribution in [0.4, 0.5) is 0 Å². The molecular formula is C16H33N3. The lowest BCUT2D eigenvalue weighted by Gasteiger charge is -2.46. The number of hydrogen-bond acceptors (Lipinski definition) is 3. The zero-order valence-electron chi connectivity index (χ0n) is 13.4. The summed E-state index contributed by atoms with van der Waals surface area (Å²) < 4.78 is 0.